The van der Waals surface area contributed by atoms with E-state index < -0.39 is 23.3 Å². The molecule has 0 aromatic heterocycles. The second-order valence-corrected chi connectivity index (χ2v) is 13.7. The Morgan fingerprint density at radius 3 is 1.62 bits per heavy atom. The molecule has 0 amide bonds. The van der Waals surface area contributed by atoms with Crippen LogP contribution in [-0.4, -0.2) is 37.7 Å². The number of hydrogen-bond donors (Lipinski definition) is 0. The fourth-order valence-corrected chi connectivity index (χ4v) is 8.06. The highest BCUT2D eigenvalue weighted by molar-refractivity contribution is 6.21. The first kappa shape index (κ1) is 36.8. The number of carbonyl (C=O) groups excluding carboxylic acids is 3. The molecule has 1 atom stereocenters. The van der Waals surface area contributed by atoms with Crippen molar-refractivity contribution < 1.29 is 28.6 Å². The van der Waals surface area contributed by atoms with E-state index in [4.69, 9.17) is 14.2 Å². The van der Waals surface area contributed by atoms with E-state index in [1.807, 2.05) is 12.1 Å². The Balaban J connectivity index is 1.34. The van der Waals surface area contributed by atoms with Crippen molar-refractivity contribution in [1.82, 2.24) is 0 Å². The summed E-state index contributed by atoms with van der Waals surface area (Å²) in [6.45, 7) is 11.3. The first-order valence-electron chi connectivity index (χ1n) is 18.5. The average Bonchev–Trinajstić information content (AvgIpc) is 3.50. The minimum atomic E-state index is -0.693. The van der Waals surface area contributed by atoms with E-state index >= 15 is 0 Å². The van der Waals surface area contributed by atoms with Crippen LogP contribution in [0.1, 0.15) is 36.0 Å². The minimum Gasteiger partial charge on any atom is -0.463 e. The number of ether oxygens (including phenoxy) is 3. The van der Waals surface area contributed by atoms with Crippen molar-refractivity contribution in [1.29, 1.82) is 0 Å². The molecule has 0 aliphatic heterocycles. The first-order chi connectivity index (χ1) is 26.9. The van der Waals surface area contributed by atoms with Crippen LogP contribution >= 0.6 is 0 Å². The van der Waals surface area contributed by atoms with Gasteiger partial charge in [-0.3, -0.25) is 0 Å². The third-order valence-electron chi connectivity index (χ3n) is 10.5. The standard InChI is InChI=1S/C49H42O6/c1-4-44(50)53-29-13-15-33-22-24-34(25-23-33)47-38-17-7-9-19-40(38)48(41-20-10-8-18-39(41)47)35-26-27-37-36-16-11-12-21-42(36)49(43(37)31-35,32-55-46(52)6-3)28-14-30-54-45(51)5-2/h4-12,16-27,31H,1-3,13-15,28-30,32H2. The summed E-state index contributed by atoms with van der Waals surface area (Å²) in [5.74, 6) is -1.36. The molecule has 55 heavy (non-hydrogen) atoms. The van der Waals surface area contributed by atoms with Crippen LogP contribution in [0.15, 0.2) is 153 Å². The van der Waals surface area contributed by atoms with Crippen LogP contribution in [0.25, 0.3) is 54.9 Å². The topological polar surface area (TPSA) is 78.9 Å². The van der Waals surface area contributed by atoms with Crippen LogP contribution < -0.4 is 0 Å². The molecular formula is C49H42O6. The Hall–Kier alpha value is -6.53. The van der Waals surface area contributed by atoms with Crippen molar-refractivity contribution in [3.63, 3.8) is 0 Å². The van der Waals surface area contributed by atoms with Gasteiger partial charge in [0.15, 0.2) is 0 Å². The number of aryl methyl sites for hydroxylation is 1. The molecule has 0 radical (unpaired) electrons. The summed E-state index contributed by atoms with van der Waals surface area (Å²) in [6.07, 6.45) is 6.18. The molecule has 0 saturated carbocycles. The maximum absolute atomic E-state index is 12.6. The lowest BCUT2D eigenvalue weighted by atomic mass is 9.74. The molecule has 0 bridgehead atoms. The van der Waals surface area contributed by atoms with Crippen molar-refractivity contribution in [2.24, 2.45) is 0 Å². The van der Waals surface area contributed by atoms with E-state index in [0.717, 1.165) is 85.0 Å². The van der Waals surface area contributed by atoms with Crippen molar-refractivity contribution in [2.45, 2.75) is 31.1 Å². The van der Waals surface area contributed by atoms with Gasteiger partial charge in [0, 0.05) is 18.2 Å². The van der Waals surface area contributed by atoms with Crippen molar-refractivity contribution in [2.75, 3.05) is 19.8 Å². The molecule has 6 aromatic rings. The number of hydrogen-bond acceptors (Lipinski definition) is 6. The summed E-state index contributed by atoms with van der Waals surface area (Å²) in [4.78, 5) is 36.0. The van der Waals surface area contributed by atoms with Gasteiger partial charge in [-0.05, 0) is 103 Å². The predicted octanol–water partition coefficient (Wildman–Crippen LogP) is 10.5. The van der Waals surface area contributed by atoms with Gasteiger partial charge in [-0.25, -0.2) is 14.4 Å². The fraction of sp³-hybridized carbons (Fsp3) is 0.163. The number of carbonyl (C=O) groups is 3. The van der Waals surface area contributed by atoms with Gasteiger partial charge in [0.2, 0.25) is 0 Å². The number of rotatable bonds is 15. The van der Waals surface area contributed by atoms with Crippen LogP contribution in [0.5, 0.6) is 0 Å². The zero-order chi connectivity index (χ0) is 38.4. The van der Waals surface area contributed by atoms with Gasteiger partial charge in [-0.1, -0.05) is 129 Å². The van der Waals surface area contributed by atoms with Gasteiger partial charge in [0.1, 0.15) is 6.61 Å². The molecule has 0 spiro atoms. The van der Waals surface area contributed by atoms with E-state index in [0.29, 0.717) is 19.4 Å². The molecule has 1 aliphatic rings. The first-order valence-corrected chi connectivity index (χ1v) is 18.5. The van der Waals surface area contributed by atoms with Crippen LogP contribution in [0.2, 0.25) is 0 Å². The van der Waals surface area contributed by atoms with E-state index in [1.165, 1.54) is 17.7 Å². The summed E-state index contributed by atoms with van der Waals surface area (Å²) < 4.78 is 16.4. The molecule has 6 heteroatoms. The molecule has 0 fully saturated rings. The van der Waals surface area contributed by atoms with E-state index in [-0.39, 0.29) is 13.2 Å². The number of fused-ring (bicyclic) bond motifs is 5. The Morgan fingerprint density at radius 2 is 1.02 bits per heavy atom. The van der Waals surface area contributed by atoms with Crippen LogP contribution in [0.3, 0.4) is 0 Å². The highest BCUT2D eigenvalue weighted by Gasteiger charge is 2.44. The lowest BCUT2D eigenvalue weighted by Crippen LogP contribution is -2.33. The average molecular weight is 727 g/mol. The highest BCUT2D eigenvalue weighted by atomic mass is 16.5. The number of benzene rings is 6. The molecule has 274 valence electrons. The van der Waals surface area contributed by atoms with Gasteiger partial charge in [0.05, 0.1) is 18.6 Å². The van der Waals surface area contributed by atoms with E-state index in [9.17, 15) is 14.4 Å². The lowest BCUT2D eigenvalue weighted by molar-refractivity contribution is -0.139. The summed E-state index contributed by atoms with van der Waals surface area (Å²) in [6, 6.07) is 40.7. The van der Waals surface area contributed by atoms with Crippen molar-refractivity contribution >= 4 is 39.5 Å². The highest BCUT2D eigenvalue weighted by Crippen LogP contribution is 2.53. The smallest absolute Gasteiger partial charge is 0.330 e. The second kappa shape index (κ2) is 16.2. The molecule has 6 nitrogen and oxygen atoms in total. The van der Waals surface area contributed by atoms with Gasteiger partial charge >= 0.3 is 17.9 Å². The lowest BCUT2D eigenvalue weighted by Gasteiger charge is -2.32. The maximum Gasteiger partial charge on any atom is 0.330 e. The quantitative estimate of drug-likeness (QED) is 0.0345. The molecule has 1 aliphatic carbocycles. The summed E-state index contributed by atoms with van der Waals surface area (Å²) in [5.41, 5.74) is 9.23. The Bertz CT molecular complexity index is 2400. The van der Waals surface area contributed by atoms with Crippen molar-refractivity contribution in [3.8, 4) is 33.4 Å². The Kier molecular flexibility index (Phi) is 10.9. The molecule has 0 saturated heterocycles. The van der Waals surface area contributed by atoms with Gasteiger partial charge < -0.3 is 14.2 Å². The Morgan fingerprint density at radius 1 is 0.527 bits per heavy atom. The van der Waals surface area contributed by atoms with Gasteiger partial charge in [-0.15, -0.1) is 0 Å². The Labute approximate surface area is 321 Å². The predicted molar refractivity (Wildman–Crippen MR) is 220 cm³/mol. The zero-order valence-electron chi connectivity index (χ0n) is 30.7. The van der Waals surface area contributed by atoms with E-state index in [2.05, 4.69) is 123 Å². The molecule has 1 unspecified atom stereocenters. The SMILES string of the molecule is C=CC(=O)OCCCc1ccc(-c2c3ccccc3c(-c3ccc4c(c3)C(CCCOC(=O)C=C)(COC(=O)C=C)c3ccccc3-4)c3ccccc23)cc1. The monoisotopic (exact) mass is 726 g/mol. The second-order valence-electron chi connectivity index (χ2n) is 13.7. The van der Waals surface area contributed by atoms with Crippen molar-refractivity contribution in [3.05, 3.63) is 170 Å². The number of esters is 3. The summed E-state index contributed by atoms with van der Waals surface area (Å²) in [5, 5.41) is 4.53. The minimum absolute atomic E-state index is 0.108. The van der Waals surface area contributed by atoms with Crippen LogP contribution in [0.4, 0.5) is 0 Å². The third kappa shape index (κ3) is 7.24. The molecule has 6 aromatic carbocycles. The zero-order valence-corrected chi connectivity index (χ0v) is 30.7. The maximum atomic E-state index is 12.6. The fourth-order valence-electron chi connectivity index (χ4n) is 8.06. The van der Waals surface area contributed by atoms with Gasteiger partial charge in [-0.2, -0.15) is 0 Å². The molecular weight excluding hydrogens is 685 g/mol. The van der Waals surface area contributed by atoms with E-state index in [1.54, 1.807) is 0 Å². The third-order valence-corrected chi connectivity index (χ3v) is 10.5. The molecule has 0 heterocycles. The summed E-state index contributed by atoms with van der Waals surface area (Å²) in [7, 11) is 0. The normalized spacial score (nSPS) is 14.1. The van der Waals surface area contributed by atoms with Crippen LogP contribution in [-0.2, 0) is 40.4 Å². The van der Waals surface area contributed by atoms with Crippen LogP contribution in [0, 0.1) is 0 Å². The molecule has 0 N–H and O–H groups in total. The molecule has 7 rings (SSSR count). The largest absolute Gasteiger partial charge is 0.463 e. The van der Waals surface area contributed by atoms with Gasteiger partial charge in [0.25, 0.3) is 0 Å². The summed E-state index contributed by atoms with van der Waals surface area (Å²) >= 11 is 0.